The lowest BCUT2D eigenvalue weighted by Gasteiger charge is -2.25. The highest BCUT2D eigenvalue weighted by Crippen LogP contribution is 2.19. The van der Waals surface area contributed by atoms with E-state index in [4.69, 9.17) is 14.7 Å². The Morgan fingerprint density at radius 2 is 1.97 bits per heavy atom. The van der Waals surface area contributed by atoms with Crippen LogP contribution in [0.1, 0.15) is 19.4 Å². The van der Waals surface area contributed by atoms with Crippen molar-refractivity contribution >= 4 is 0 Å². The van der Waals surface area contributed by atoms with Crippen LogP contribution in [0.5, 0.6) is 17.4 Å². The molecule has 2 aromatic carbocycles. The average molecular weight is 438 g/mol. The van der Waals surface area contributed by atoms with Gasteiger partial charge in [0.05, 0.1) is 24.1 Å². The summed E-state index contributed by atoms with van der Waals surface area (Å²) in [7, 11) is 0. The maximum atomic E-state index is 12.8. The van der Waals surface area contributed by atoms with E-state index in [1.165, 1.54) is 22.3 Å². The predicted molar refractivity (Wildman–Crippen MR) is 118 cm³/mol. The first-order valence-corrected chi connectivity index (χ1v) is 10.2. The van der Waals surface area contributed by atoms with Gasteiger partial charge in [-0.1, -0.05) is 18.2 Å². The van der Waals surface area contributed by atoms with Crippen molar-refractivity contribution in [3.63, 3.8) is 0 Å². The Kier molecular flexibility index (Phi) is 7.20. The van der Waals surface area contributed by atoms with E-state index in [1.807, 2.05) is 13.0 Å². The molecule has 3 aromatic rings. The van der Waals surface area contributed by atoms with Crippen molar-refractivity contribution in [3.8, 4) is 29.1 Å². The van der Waals surface area contributed by atoms with Crippen molar-refractivity contribution in [2.75, 3.05) is 19.8 Å². The molecule has 32 heavy (non-hydrogen) atoms. The van der Waals surface area contributed by atoms with Gasteiger partial charge >= 0.3 is 5.69 Å². The van der Waals surface area contributed by atoms with Gasteiger partial charge < -0.3 is 19.7 Å². The van der Waals surface area contributed by atoms with E-state index in [9.17, 15) is 15.0 Å². The summed E-state index contributed by atoms with van der Waals surface area (Å²) in [6.07, 6.45) is 1.34. The molecule has 3 N–H and O–H groups in total. The van der Waals surface area contributed by atoms with Crippen LogP contribution in [0.3, 0.4) is 0 Å². The fourth-order valence-corrected chi connectivity index (χ4v) is 3.14. The van der Waals surface area contributed by atoms with E-state index in [2.05, 4.69) is 5.32 Å². The molecule has 0 fully saturated rings. The third-order valence-corrected chi connectivity index (χ3v) is 4.72. The van der Waals surface area contributed by atoms with Gasteiger partial charge in [0.1, 0.15) is 29.9 Å². The molecule has 0 aliphatic heterocycles. The highest BCUT2D eigenvalue weighted by Gasteiger charge is 2.22. The van der Waals surface area contributed by atoms with Crippen LogP contribution in [0, 0.1) is 11.3 Å². The number of hydrogen-bond donors (Lipinski definition) is 3. The van der Waals surface area contributed by atoms with Gasteiger partial charge in [0, 0.05) is 19.2 Å². The molecule has 0 spiro atoms. The first kappa shape index (κ1) is 22.9. The third-order valence-electron chi connectivity index (χ3n) is 4.72. The maximum Gasteiger partial charge on any atom is 0.335 e. The second-order valence-corrected chi connectivity index (χ2v) is 7.32. The summed E-state index contributed by atoms with van der Waals surface area (Å²) < 4.78 is 13.6. The molecule has 0 amide bonds. The largest absolute Gasteiger partial charge is 0.494 e. The maximum absolute atomic E-state index is 12.8. The van der Waals surface area contributed by atoms with Crippen molar-refractivity contribution in [2.45, 2.75) is 26.1 Å². The Balaban J connectivity index is 1.63. The SMILES string of the molecule is CCOc1cccc(-n2cc(O)n(CCNC(C)(O)COc3ccccc3C#N)c2=O)c1. The Labute approximate surface area is 185 Å². The fraction of sp³-hybridized carbons (Fsp3) is 0.304. The first-order valence-electron chi connectivity index (χ1n) is 10.2. The molecule has 9 heteroatoms. The number of ether oxygens (including phenoxy) is 2. The number of aromatic hydroxyl groups is 1. The van der Waals surface area contributed by atoms with Crippen LogP contribution >= 0.6 is 0 Å². The molecule has 9 nitrogen and oxygen atoms in total. The number of para-hydroxylation sites is 1. The molecule has 0 aliphatic rings. The van der Waals surface area contributed by atoms with Gasteiger partial charge in [0.2, 0.25) is 5.88 Å². The van der Waals surface area contributed by atoms with E-state index >= 15 is 0 Å². The minimum Gasteiger partial charge on any atom is -0.494 e. The number of benzene rings is 2. The van der Waals surface area contributed by atoms with Crippen LogP contribution in [-0.4, -0.2) is 44.8 Å². The van der Waals surface area contributed by atoms with E-state index < -0.39 is 11.4 Å². The molecule has 1 atom stereocenters. The molecule has 168 valence electrons. The summed E-state index contributed by atoms with van der Waals surface area (Å²) >= 11 is 0. The van der Waals surface area contributed by atoms with Crippen molar-refractivity contribution in [2.24, 2.45) is 0 Å². The minimum absolute atomic E-state index is 0.113. The predicted octanol–water partition coefficient (Wildman–Crippen LogP) is 1.99. The number of imidazole rings is 1. The Morgan fingerprint density at radius 3 is 2.72 bits per heavy atom. The van der Waals surface area contributed by atoms with Gasteiger partial charge in [-0.25, -0.2) is 4.79 Å². The number of aromatic nitrogens is 2. The van der Waals surface area contributed by atoms with Crippen molar-refractivity contribution in [3.05, 3.63) is 70.8 Å². The average Bonchev–Trinajstić information content (AvgIpc) is 3.06. The Bertz CT molecular complexity index is 1160. The quantitative estimate of drug-likeness (QED) is 0.414. The first-order chi connectivity index (χ1) is 15.3. The van der Waals surface area contributed by atoms with Gasteiger partial charge in [-0.05, 0) is 38.1 Å². The van der Waals surface area contributed by atoms with Gasteiger partial charge in [-0.3, -0.25) is 14.5 Å². The van der Waals surface area contributed by atoms with Crippen molar-refractivity contribution < 1.29 is 19.7 Å². The molecule has 0 radical (unpaired) electrons. The fourth-order valence-electron chi connectivity index (χ4n) is 3.14. The van der Waals surface area contributed by atoms with Crippen LogP contribution in [-0.2, 0) is 6.54 Å². The van der Waals surface area contributed by atoms with E-state index in [0.29, 0.717) is 29.4 Å². The summed E-state index contributed by atoms with van der Waals surface area (Å²) in [6.45, 7) is 4.09. The van der Waals surface area contributed by atoms with E-state index in [-0.39, 0.29) is 25.6 Å². The van der Waals surface area contributed by atoms with Crippen LogP contribution in [0.4, 0.5) is 0 Å². The third kappa shape index (κ3) is 5.49. The smallest absolute Gasteiger partial charge is 0.335 e. The Hall–Kier alpha value is -3.74. The molecule has 1 heterocycles. The van der Waals surface area contributed by atoms with E-state index in [0.717, 1.165) is 0 Å². The molecular formula is C23H26N4O5. The number of nitrogens with zero attached hydrogens (tertiary/aromatic N) is 3. The second kappa shape index (κ2) is 10.0. The number of hydrogen-bond acceptors (Lipinski definition) is 7. The lowest BCUT2D eigenvalue weighted by Crippen LogP contribution is -2.48. The molecule has 1 unspecified atom stereocenters. The van der Waals surface area contributed by atoms with Gasteiger partial charge in [-0.15, -0.1) is 0 Å². The highest BCUT2D eigenvalue weighted by molar-refractivity contribution is 5.42. The van der Waals surface area contributed by atoms with Crippen LogP contribution < -0.4 is 20.5 Å². The summed E-state index contributed by atoms with van der Waals surface area (Å²) in [5.41, 5.74) is -0.901. The molecule has 1 aromatic heterocycles. The topological polar surface area (TPSA) is 122 Å². The van der Waals surface area contributed by atoms with Crippen LogP contribution in [0.15, 0.2) is 59.5 Å². The summed E-state index contributed by atoms with van der Waals surface area (Å²) in [5.74, 6) is 0.801. The van der Waals surface area contributed by atoms with Crippen molar-refractivity contribution in [1.29, 1.82) is 5.26 Å². The van der Waals surface area contributed by atoms with Crippen LogP contribution in [0.2, 0.25) is 0 Å². The molecule has 0 bridgehead atoms. The lowest BCUT2D eigenvalue weighted by atomic mass is 10.2. The van der Waals surface area contributed by atoms with Crippen molar-refractivity contribution in [1.82, 2.24) is 14.5 Å². The van der Waals surface area contributed by atoms with Gasteiger partial charge in [-0.2, -0.15) is 5.26 Å². The molecule has 0 saturated heterocycles. The summed E-state index contributed by atoms with van der Waals surface area (Å²) in [5, 5.41) is 32.8. The van der Waals surface area contributed by atoms with Crippen LogP contribution in [0.25, 0.3) is 5.69 Å². The normalized spacial score (nSPS) is 12.7. The van der Waals surface area contributed by atoms with Gasteiger partial charge in [0.15, 0.2) is 0 Å². The number of nitrogens with one attached hydrogen (secondary N) is 1. The molecule has 0 saturated carbocycles. The highest BCUT2D eigenvalue weighted by atomic mass is 16.5. The molecular weight excluding hydrogens is 412 g/mol. The summed E-state index contributed by atoms with van der Waals surface area (Å²) in [4.78, 5) is 12.8. The zero-order chi connectivity index (χ0) is 23.1. The minimum atomic E-state index is -1.42. The van der Waals surface area contributed by atoms with Gasteiger partial charge in [0.25, 0.3) is 0 Å². The zero-order valence-electron chi connectivity index (χ0n) is 18.0. The summed E-state index contributed by atoms with van der Waals surface area (Å²) in [6, 6.07) is 15.8. The standard InChI is InChI=1S/C23H26N4O5/c1-3-31-19-9-6-8-18(13-19)27-15-21(28)26(22(27)29)12-11-25-23(2,30)16-32-20-10-5-4-7-17(20)14-24/h4-10,13,15,25,28,30H,3,11-12,16H2,1-2H3. The second-order valence-electron chi connectivity index (χ2n) is 7.32. The zero-order valence-corrected chi connectivity index (χ0v) is 18.0. The number of aliphatic hydroxyl groups is 1. The number of nitriles is 1. The molecule has 3 rings (SSSR count). The Morgan fingerprint density at radius 1 is 1.19 bits per heavy atom. The lowest BCUT2D eigenvalue weighted by molar-refractivity contribution is -0.0186. The number of rotatable bonds is 10. The monoisotopic (exact) mass is 438 g/mol. The van der Waals surface area contributed by atoms with E-state index in [1.54, 1.807) is 48.5 Å². The molecule has 0 aliphatic carbocycles.